The topological polar surface area (TPSA) is 85.6 Å². The summed E-state index contributed by atoms with van der Waals surface area (Å²) in [5.74, 6) is 0.787. The highest BCUT2D eigenvalue weighted by Crippen LogP contribution is 2.32. The molecule has 0 spiro atoms. The van der Waals surface area contributed by atoms with E-state index in [-0.39, 0.29) is 10.6 Å². The number of aryl methyl sites for hydroxylation is 1. The molecule has 29 heavy (non-hydrogen) atoms. The van der Waals surface area contributed by atoms with Crippen LogP contribution in [0.25, 0.3) is 17.0 Å². The zero-order valence-electron chi connectivity index (χ0n) is 15.6. The monoisotopic (exact) mass is 428 g/mol. The van der Waals surface area contributed by atoms with Crippen LogP contribution in [-0.4, -0.2) is 29.9 Å². The van der Waals surface area contributed by atoms with E-state index < -0.39 is 10.0 Å². The van der Waals surface area contributed by atoms with Crippen LogP contribution in [0.15, 0.2) is 66.0 Å². The molecule has 0 radical (unpaired) electrons. The minimum absolute atomic E-state index is 0.0297. The molecule has 0 saturated heterocycles. The molecule has 2 aromatic carbocycles. The van der Waals surface area contributed by atoms with Crippen LogP contribution in [0.5, 0.6) is 5.75 Å². The fourth-order valence-corrected chi connectivity index (χ4v) is 4.38. The number of nitrogens with zero attached hydrogens (tertiary/aromatic N) is 3. The first-order valence-corrected chi connectivity index (χ1v) is 10.5. The van der Waals surface area contributed by atoms with Crippen LogP contribution in [0.4, 0.5) is 5.69 Å². The van der Waals surface area contributed by atoms with Gasteiger partial charge in [0.15, 0.2) is 0 Å². The molecular formula is C20H17ClN4O3S. The van der Waals surface area contributed by atoms with E-state index in [1.807, 2.05) is 24.5 Å². The number of sulfonamides is 1. The lowest BCUT2D eigenvalue weighted by atomic mass is 10.1. The second-order valence-corrected chi connectivity index (χ2v) is 8.45. The number of hydrogen-bond donors (Lipinski definition) is 1. The van der Waals surface area contributed by atoms with E-state index in [1.165, 1.54) is 13.2 Å². The van der Waals surface area contributed by atoms with Crippen molar-refractivity contribution in [1.29, 1.82) is 0 Å². The summed E-state index contributed by atoms with van der Waals surface area (Å²) in [7, 11) is -2.50. The molecule has 0 fully saturated rings. The maximum atomic E-state index is 13.0. The zero-order valence-corrected chi connectivity index (χ0v) is 17.2. The maximum absolute atomic E-state index is 13.0. The van der Waals surface area contributed by atoms with E-state index in [0.29, 0.717) is 22.2 Å². The van der Waals surface area contributed by atoms with E-state index in [4.69, 9.17) is 16.3 Å². The van der Waals surface area contributed by atoms with Crippen LogP contribution in [0, 0.1) is 6.92 Å². The minimum atomic E-state index is -3.92. The minimum Gasteiger partial charge on any atom is -0.495 e. The van der Waals surface area contributed by atoms with Crippen molar-refractivity contribution in [3.05, 3.63) is 71.6 Å². The molecule has 0 amide bonds. The van der Waals surface area contributed by atoms with Gasteiger partial charge in [-0.3, -0.25) is 9.12 Å². The van der Waals surface area contributed by atoms with E-state index in [2.05, 4.69) is 14.7 Å². The van der Waals surface area contributed by atoms with Crippen LogP contribution in [0.2, 0.25) is 5.02 Å². The number of methoxy groups -OCH3 is 1. The molecule has 0 bridgehead atoms. The Morgan fingerprint density at radius 1 is 1.17 bits per heavy atom. The maximum Gasteiger partial charge on any atom is 0.265 e. The Kier molecular flexibility index (Phi) is 4.89. The number of imidazole rings is 1. The first-order valence-electron chi connectivity index (χ1n) is 8.64. The third kappa shape index (κ3) is 3.76. The SMILES string of the molecule is COc1cc(C)c(Cl)cc1S(=O)(=O)Nc1cccc(-c2cn3cccnc3n2)c1. The van der Waals surface area contributed by atoms with Crippen LogP contribution in [0.1, 0.15) is 5.56 Å². The molecule has 0 atom stereocenters. The van der Waals surface area contributed by atoms with Gasteiger partial charge in [0, 0.05) is 34.9 Å². The average Bonchev–Trinajstić information content (AvgIpc) is 3.14. The molecule has 1 N–H and O–H groups in total. The molecule has 4 aromatic rings. The highest BCUT2D eigenvalue weighted by molar-refractivity contribution is 7.92. The smallest absolute Gasteiger partial charge is 0.265 e. The van der Waals surface area contributed by atoms with Crippen molar-refractivity contribution in [2.45, 2.75) is 11.8 Å². The number of benzene rings is 2. The molecule has 0 aliphatic heterocycles. The Hall–Kier alpha value is -3.10. The van der Waals surface area contributed by atoms with Gasteiger partial charge in [0.25, 0.3) is 10.0 Å². The molecule has 2 aromatic heterocycles. The molecule has 9 heteroatoms. The number of ether oxygens (including phenoxy) is 1. The summed E-state index contributed by atoms with van der Waals surface area (Å²) in [6.07, 6.45) is 5.34. The van der Waals surface area contributed by atoms with Gasteiger partial charge in [-0.2, -0.15) is 0 Å². The Morgan fingerprint density at radius 3 is 2.76 bits per heavy atom. The van der Waals surface area contributed by atoms with Gasteiger partial charge in [0.2, 0.25) is 5.78 Å². The summed E-state index contributed by atoms with van der Waals surface area (Å²) in [5.41, 5.74) is 2.56. The lowest BCUT2D eigenvalue weighted by Crippen LogP contribution is -2.14. The van der Waals surface area contributed by atoms with Crippen molar-refractivity contribution < 1.29 is 13.2 Å². The van der Waals surface area contributed by atoms with E-state index >= 15 is 0 Å². The number of aromatic nitrogens is 3. The zero-order chi connectivity index (χ0) is 20.6. The lowest BCUT2D eigenvalue weighted by Gasteiger charge is -2.13. The number of fused-ring (bicyclic) bond motifs is 1. The first-order chi connectivity index (χ1) is 13.9. The van der Waals surface area contributed by atoms with Crippen molar-refractivity contribution in [3.8, 4) is 17.0 Å². The predicted octanol–water partition coefficient (Wildman–Crippen LogP) is 4.17. The van der Waals surface area contributed by atoms with Crippen LogP contribution >= 0.6 is 11.6 Å². The third-order valence-electron chi connectivity index (χ3n) is 4.38. The molecule has 0 aliphatic carbocycles. The third-order valence-corrected chi connectivity index (χ3v) is 6.19. The van der Waals surface area contributed by atoms with E-state index in [0.717, 1.165) is 11.1 Å². The number of anilines is 1. The molecule has 7 nitrogen and oxygen atoms in total. The van der Waals surface area contributed by atoms with Crippen molar-refractivity contribution >= 4 is 33.1 Å². The quantitative estimate of drug-likeness (QED) is 0.515. The molecule has 2 heterocycles. The number of rotatable bonds is 5. The van der Waals surface area contributed by atoms with Crippen molar-refractivity contribution in [3.63, 3.8) is 0 Å². The summed E-state index contributed by atoms with van der Waals surface area (Å²) in [5, 5.41) is 0.345. The predicted molar refractivity (Wildman–Crippen MR) is 112 cm³/mol. The molecule has 4 rings (SSSR count). The Labute approximate surface area is 173 Å². The second-order valence-electron chi connectivity index (χ2n) is 6.39. The first kappa shape index (κ1) is 19.2. The summed E-state index contributed by atoms with van der Waals surface area (Å²) >= 11 is 6.13. The van der Waals surface area contributed by atoms with Crippen LogP contribution < -0.4 is 9.46 Å². The Morgan fingerprint density at radius 2 is 2.00 bits per heavy atom. The number of nitrogens with one attached hydrogen (secondary N) is 1. The summed E-state index contributed by atoms with van der Waals surface area (Å²) in [6.45, 7) is 1.78. The van der Waals surface area contributed by atoms with Crippen molar-refractivity contribution in [2.75, 3.05) is 11.8 Å². The van der Waals surface area contributed by atoms with E-state index in [9.17, 15) is 8.42 Å². The van der Waals surface area contributed by atoms with Gasteiger partial charge in [-0.25, -0.2) is 18.4 Å². The fourth-order valence-electron chi connectivity index (χ4n) is 2.93. The molecule has 148 valence electrons. The van der Waals surface area contributed by atoms with Crippen molar-refractivity contribution in [2.24, 2.45) is 0 Å². The van der Waals surface area contributed by atoms with Gasteiger partial charge in [0.1, 0.15) is 10.6 Å². The number of halogens is 1. The highest BCUT2D eigenvalue weighted by Gasteiger charge is 2.21. The van der Waals surface area contributed by atoms with Crippen molar-refractivity contribution in [1.82, 2.24) is 14.4 Å². The fraction of sp³-hybridized carbons (Fsp3) is 0.100. The van der Waals surface area contributed by atoms with Gasteiger partial charge in [0.05, 0.1) is 12.8 Å². The van der Waals surface area contributed by atoms with Gasteiger partial charge in [-0.15, -0.1) is 0 Å². The van der Waals surface area contributed by atoms with Crippen LogP contribution in [-0.2, 0) is 10.0 Å². The van der Waals surface area contributed by atoms with Gasteiger partial charge in [-0.05, 0) is 42.8 Å². The summed E-state index contributed by atoms with van der Waals surface area (Å²) in [6, 6.07) is 11.8. The molecule has 0 aliphatic rings. The highest BCUT2D eigenvalue weighted by atomic mass is 35.5. The second kappa shape index (κ2) is 7.38. The van der Waals surface area contributed by atoms with Gasteiger partial charge < -0.3 is 4.74 Å². The summed E-state index contributed by atoms with van der Waals surface area (Å²) < 4.78 is 35.5. The average molecular weight is 429 g/mol. The lowest BCUT2D eigenvalue weighted by molar-refractivity contribution is 0.402. The Balaban J connectivity index is 1.70. The molecule has 0 unspecified atom stereocenters. The number of hydrogen-bond acceptors (Lipinski definition) is 5. The molecule has 0 saturated carbocycles. The van der Waals surface area contributed by atoms with Crippen LogP contribution in [0.3, 0.4) is 0 Å². The normalized spacial score (nSPS) is 11.6. The van der Waals surface area contributed by atoms with E-state index in [1.54, 1.807) is 41.8 Å². The van der Waals surface area contributed by atoms with Gasteiger partial charge in [-0.1, -0.05) is 23.7 Å². The Bertz CT molecular complexity index is 1290. The standard InChI is InChI=1S/C20H17ClN4O3S/c1-13-9-18(28-2)19(11-16(13)21)29(26,27)24-15-6-3-5-14(10-15)17-12-25-8-4-7-22-20(25)23-17/h3-12,24H,1-2H3. The van der Waals surface area contributed by atoms with Gasteiger partial charge >= 0.3 is 0 Å². The molecular weight excluding hydrogens is 412 g/mol. The summed E-state index contributed by atoms with van der Waals surface area (Å²) in [4.78, 5) is 8.63. The largest absolute Gasteiger partial charge is 0.495 e.